The number of oxazole rings is 1. The maximum absolute atomic E-state index is 12.8. The molecule has 0 radical (unpaired) electrons. The molecule has 0 aliphatic rings. The largest absolute Gasteiger partial charge is 0.454 e. The number of fused-ring (bicyclic) bond motifs is 2. The topological polar surface area (TPSA) is 85.2 Å². The van der Waals surface area contributed by atoms with Crippen molar-refractivity contribution in [2.24, 2.45) is 0 Å². The van der Waals surface area contributed by atoms with Crippen LogP contribution in [0.1, 0.15) is 35.3 Å². The number of ketones is 1. The van der Waals surface area contributed by atoms with Crippen molar-refractivity contribution < 1.29 is 18.7 Å². The van der Waals surface area contributed by atoms with Crippen LogP contribution in [0, 0.1) is 6.92 Å². The summed E-state index contributed by atoms with van der Waals surface area (Å²) in [5.74, 6) is -0.199. The van der Waals surface area contributed by atoms with Gasteiger partial charge in [0, 0.05) is 28.6 Å². The zero-order valence-electron chi connectivity index (χ0n) is 15.7. The highest BCUT2D eigenvalue weighted by molar-refractivity contribution is 6.11. The maximum atomic E-state index is 12.8. The highest BCUT2D eigenvalue weighted by Gasteiger charge is 2.24. The number of nitrogens with zero attached hydrogens (tertiary/aromatic N) is 1. The SMILES string of the molecule is Cc1[nH]c2ccccc2c1C(=O)[C@H](C)OC(=O)CCc1nc2ccccc2o1. The number of rotatable bonds is 6. The summed E-state index contributed by atoms with van der Waals surface area (Å²) in [6.07, 6.45) is -0.452. The molecule has 142 valence electrons. The van der Waals surface area contributed by atoms with Crippen molar-refractivity contribution in [2.45, 2.75) is 32.8 Å². The van der Waals surface area contributed by atoms with Crippen LogP contribution in [0.25, 0.3) is 22.0 Å². The van der Waals surface area contributed by atoms with E-state index in [4.69, 9.17) is 9.15 Å². The quantitative estimate of drug-likeness (QED) is 0.399. The van der Waals surface area contributed by atoms with Gasteiger partial charge in [0.1, 0.15) is 5.52 Å². The van der Waals surface area contributed by atoms with Gasteiger partial charge in [0.05, 0.1) is 6.42 Å². The summed E-state index contributed by atoms with van der Waals surface area (Å²) in [7, 11) is 0. The molecule has 0 saturated carbocycles. The normalized spacial score (nSPS) is 12.4. The van der Waals surface area contributed by atoms with Crippen LogP contribution in [0.5, 0.6) is 0 Å². The molecule has 0 saturated heterocycles. The summed E-state index contributed by atoms with van der Waals surface area (Å²) in [6, 6.07) is 15.0. The average Bonchev–Trinajstić information content (AvgIpc) is 3.25. The van der Waals surface area contributed by atoms with E-state index in [1.165, 1.54) is 0 Å². The monoisotopic (exact) mass is 376 g/mol. The van der Waals surface area contributed by atoms with Crippen LogP contribution in [-0.2, 0) is 16.0 Å². The second-order valence-electron chi connectivity index (χ2n) is 6.74. The van der Waals surface area contributed by atoms with Crippen LogP contribution in [0.15, 0.2) is 52.9 Å². The van der Waals surface area contributed by atoms with Gasteiger partial charge in [0.25, 0.3) is 0 Å². The first-order valence-corrected chi connectivity index (χ1v) is 9.18. The fourth-order valence-electron chi connectivity index (χ4n) is 3.34. The van der Waals surface area contributed by atoms with E-state index in [0.717, 1.165) is 22.1 Å². The Balaban J connectivity index is 1.41. The lowest BCUT2D eigenvalue weighted by Crippen LogP contribution is -2.25. The summed E-state index contributed by atoms with van der Waals surface area (Å²) >= 11 is 0. The minimum Gasteiger partial charge on any atom is -0.454 e. The number of ether oxygens (including phenoxy) is 1. The Morgan fingerprint density at radius 2 is 1.89 bits per heavy atom. The number of H-pyrrole nitrogens is 1. The van der Waals surface area contributed by atoms with Gasteiger partial charge in [-0.25, -0.2) is 4.98 Å². The lowest BCUT2D eigenvalue weighted by atomic mass is 10.0. The van der Waals surface area contributed by atoms with Gasteiger partial charge >= 0.3 is 5.97 Å². The predicted molar refractivity (Wildman–Crippen MR) is 105 cm³/mol. The number of hydrogen-bond donors (Lipinski definition) is 1. The summed E-state index contributed by atoms with van der Waals surface area (Å²) in [6.45, 7) is 3.44. The van der Waals surface area contributed by atoms with Gasteiger partial charge < -0.3 is 14.1 Å². The van der Waals surface area contributed by atoms with E-state index in [-0.39, 0.29) is 12.2 Å². The van der Waals surface area contributed by atoms with Crippen molar-refractivity contribution in [1.29, 1.82) is 0 Å². The highest BCUT2D eigenvalue weighted by Crippen LogP contribution is 2.24. The van der Waals surface area contributed by atoms with Crippen LogP contribution in [0.3, 0.4) is 0 Å². The summed E-state index contributed by atoms with van der Waals surface area (Å²) in [5, 5.41) is 0.833. The Hall–Kier alpha value is -3.41. The third kappa shape index (κ3) is 3.41. The van der Waals surface area contributed by atoms with Crippen molar-refractivity contribution in [2.75, 3.05) is 0 Å². The van der Waals surface area contributed by atoms with Crippen LogP contribution in [0.4, 0.5) is 0 Å². The molecule has 0 unspecified atom stereocenters. The van der Waals surface area contributed by atoms with E-state index in [1.807, 2.05) is 55.5 Å². The Bertz CT molecular complexity index is 1140. The molecule has 28 heavy (non-hydrogen) atoms. The molecule has 1 atom stereocenters. The standard InChI is InChI=1S/C22H20N2O4/c1-13-21(15-7-3-4-8-16(15)23-13)22(26)14(2)27-20(25)12-11-19-24-17-9-5-6-10-18(17)28-19/h3-10,14,23H,11-12H2,1-2H3/t14-/m0/s1. The number of aromatic nitrogens is 2. The van der Waals surface area contributed by atoms with Crippen molar-refractivity contribution in [1.82, 2.24) is 9.97 Å². The summed E-state index contributed by atoms with van der Waals surface area (Å²) in [4.78, 5) is 32.6. The van der Waals surface area contributed by atoms with Gasteiger partial charge in [-0.3, -0.25) is 9.59 Å². The molecule has 0 amide bonds. The van der Waals surface area contributed by atoms with Crippen LogP contribution in [-0.4, -0.2) is 27.8 Å². The maximum Gasteiger partial charge on any atom is 0.307 e. The number of Topliss-reactive ketones (excluding diaryl/α,β-unsaturated/α-hetero) is 1. The van der Waals surface area contributed by atoms with Gasteiger partial charge in [-0.1, -0.05) is 30.3 Å². The Labute approximate surface area is 161 Å². The molecule has 4 aromatic rings. The third-order valence-corrected chi connectivity index (χ3v) is 4.70. The minimum absolute atomic E-state index is 0.0946. The zero-order chi connectivity index (χ0) is 19.7. The average molecular weight is 376 g/mol. The van der Waals surface area contributed by atoms with E-state index in [1.54, 1.807) is 6.92 Å². The minimum atomic E-state index is -0.867. The molecule has 6 nitrogen and oxygen atoms in total. The number of para-hydroxylation sites is 3. The van der Waals surface area contributed by atoms with Gasteiger partial charge in [-0.05, 0) is 32.0 Å². The number of benzene rings is 2. The number of aryl methyl sites for hydroxylation is 2. The molecule has 4 rings (SSSR count). The van der Waals surface area contributed by atoms with Crippen LogP contribution in [0.2, 0.25) is 0 Å². The molecule has 2 heterocycles. The predicted octanol–water partition coefficient (Wildman–Crippen LogP) is 4.36. The Morgan fingerprint density at radius 1 is 1.14 bits per heavy atom. The van der Waals surface area contributed by atoms with E-state index in [2.05, 4.69) is 9.97 Å². The van der Waals surface area contributed by atoms with Crippen LogP contribution >= 0.6 is 0 Å². The first-order chi connectivity index (χ1) is 13.5. The number of aromatic amines is 1. The van der Waals surface area contributed by atoms with Crippen molar-refractivity contribution >= 4 is 33.8 Å². The molecule has 0 aliphatic heterocycles. The molecule has 0 spiro atoms. The molecule has 0 bridgehead atoms. The number of esters is 1. The zero-order valence-corrected chi connectivity index (χ0v) is 15.7. The second-order valence-corrected chi connectivity index (χ2v) is 6.74. The number of nitrogens with one attached hydrogen (secondary N) is 1. The molecule has 0 aliphatic carbocycles. The lowest BCUT2D eigenvalue weighted by Gasteiger charge is -2.12. The van der Waals surface area contributed by atoms with Crippen LogP contribution < -0.4 is 0 Å². The van der Waals surface area contributed by atoms with E-state index < -0.39 is 12.1 Å². The smallest absolute Gasteiger partial charge is 0.307 e. The second kappa shape index (κ2) is 7.31. The van der Waals surface area contributed by atoms with Gasteiger partial charge in [0.2, 0.25) is 5.78 Å². The first-order valence-electron chi connectivity index (χ1n) is 9.18. The summed E-state index contributed by atoms with van der Waals surface area (Å²) < 4.78 is 11.0. The molecule has 2 aromatic heterocycles. The number of carbonyl (C=O) groups is 2. The molecule has 1 N–H and O–H groups in total. The lowest BCUT2D eigenvalue weighted by molar-refractivity contribution is -0.146. The number of hydrogen-bond acceptors (Lipinski definition) is 5. The molecule has 0 fully saturated rings. The Morgan fingerprint density at radius 3 is 2.71 bits per heavy atom. The van der Waals surface area contributed by atoms with Gasteiger partial charge in [-0.15, -0.1) is 0 Å². The molecule has 2 aromatic carbocycles. The van der Waals surface area contributed by atoms with Gasteiger partial charge in [-0.2, -0.15) is 0 Å². The fraction of sp³-hybridized carbons (Fsp3) is 0.227. The molecular weight excluding hydrogens is 356 g/mol. The van der Waals surface area contributed by atoms with E-state index in [0.29, 0.717) is 23.5 Å². The first kappa shape index (κ1) is 18.0. The van der Waals surface area contributed by atoms with Crippen molar-refractivity contribution in [3.8, 4) is 0 Å². The summed E-state index contributed by atoms with van der Waals surface area (Å²) in [5.41, 5.74) is 3.65. The van der Waals surface area contributed by atoms with Crippen molar-refractivity contribution in [3.63, 3.8) is 0 Å². The molecule has 6 heteroatoms. The van der Waals surface area contributed by atoms with Crippen molar-refractivity contribution in [3.05, 3.63) is 65.7 Å². The Kier molecular flexibility index (Phi) is 4.69. The third-order valence-electron chi connectivity index (χ3n) is 4.70. The number of carbonyl (C=O) groups excluding carboxylic acids is 2. The van der Waals surface area contributed by atoms with E-state index >= 15 is 0 Å². The molecular formula is C22H20N2O4. The fourth-order valence-corrected chi connectivity index (χ4v) is 3.34. The van der Waals surface area contributed by atoms with E-state index in [9.17, 15) is 9.59 Å². The highest BCUT2D eigenvalue weighted by atomic mass is 16.5. The van der Waals surface area contributed by atoms with Gasteiger partial charge in [0.15, 0.2) is 17.6 Å².